The number of halogens is 1. The van der Waals surface area contributed by atoms with Crippen molar-refractivity contribution in [2.24, 2.45) is 0 Å². The Labute approximate surface area is 216 Å². The third kappa shape index (κ3) is 7.96. The normalized spacial score (nSPS) is 12.5. The number of para-hydroxylation sites is 1. The quantitative estimate of drug-likeness (QED) is 0.342. The third-order valence-corrected chi connectivity index (χ3v) is 6.45. The van der Waals surface area contributed by atoms with Gasteiger partial charge in [0.05, 0.1) is 0 Å². The van der Waals surface area contributed by atoms with Crippen LogP contribution in [0.25, 0.3) is 0 Å². The number of aryl methyl sites for hydroxylation is 1. The number of nitrogens with zero attached hydrogens (tertiary/aromatic N) is 1. The predicted octanol–water partition coefficient (Wildman–Crippen LogP) is 5.69. The molecule has 0 aliphatic heterocycles. The van der Waals surface area contributed by atoms with Crippen LogP contribution < -0.4 is 10.1 Å². The van der Waals surface area contributed by atoms with E-state index in [1.807, 2.05) is 99.6 Å². The molecule has 0 heterocycles. The van der Waals surface area contributed by atoms with Crippen molar-refractivity contribution in [3.05, 3.63) is 100 Å². The Balaban J connectivity index is 1.92. The van der Waals surface area contributed by atoms with E-state index in [-0.39, 0.29) is 24.5 Å². The van der Waals surface area contributed by atoms with Crippen molar-refractivity contribution in [3.63, 3.8) is 0 Å². The van der Waals surface area contributed by atoms with Gasteiger partial charge in [-0.05, 0) is 55.2 Å². The fourth-order valence-corrected chi connectivity index (χ4v) is 4.21. The van der Waals surface area contributed by atoms with E-state index in [0.717, 1.165) is 27.6 Å². The summed E-state index contributed by atoms with van der Waals surface area (Å²) in [6.45, 7) is 6.08. The molecule has 1 N–H and O–H groups in total. The second kappa shape index (κ2) is 13.1. The van der Waals surface area contributed by atoms with Gasteiger partial charge in [-0.15, -0.1) is 0 Å². The number of amides is 2. The minimum atomic E-state index is -0.682. The highest BCUT2D eigenvalue weighted by Gasteiger charge is 2.31. The summed E-state index contributed by atoms with van der Waals surface area (Å²) in [5.41, 5.74) is 2.87. The summed E-state index contributed by atoms with van der Waals surface area (Å²) in [4.78, 5) is 28.8. The number of rotatable bonds is 11. The lowest BCUT2D eigenvalue weighted by Gasteiger charge is -2.32. The number of hydrogen-bond acceptors (Lipinski definition) is 3. The topological polar surface area (TPSA) is 58.6 Å². The van der Waals surface area contributed by atoms with Crippen molar-refractivity contribution in [2.45, 2.75) is 52.2 Å². The van der Waals surface area contributed by atoms with Crippen LogP contribution in [0.1, 0.15) is 37.0 Å². The Morgan fingerprint density at radius 2 is 1.66 bits per heavy atom. The molecule has 0 saturated carbocycles. The number of nitrogens with one attached hydrogen (secondary N) is 1. The highest BCUT2D eigenvalue weighted by atomic mass is 79.9. The summed E-state index contributed by atoms with van der Waals surface area (Å²) >= 11 is 3.51. The molecule has 184 valence electrons. The molecule has 6 heteroatoms. The lowest BCUT2D eigenvalue weighted by molar-refractivity contribution is -0.143. The minimum Gasteiger partial charge on any atom is -0.484 e. The lowest BCUT2D eigenvalue weighted by Crippen LogP contribution is -2.53. The summed E-state index contributed by atoms with van der Waals surface area (Å²) in [5.74, 6) is 0.253. The van der Waals surface area contributed by atoms with Gasteiger partial charge in [0, 0.05) is 23.5 Å². The van der Waals surface area contributed by atoms with Crippen LogP contribution in [0, 0.1) is 6.92 Å². The van der Waals surface area contributed by atoms with E-state index >= 15 is 0 Å². The van der Waals surface area contributed by atoms with Gasteiger partial charge in [-0.2, -0.15) is 0 Å². The molecule has 0 unspecified atom stereocenters. The molecule has 0 aliphatic carbocycles. The molecule has 35 heavy (non-hydrogen) atoms. The van der Waals surface area contributed by atoms with Crippen LogP contribution in [0.2, 0.25) is 0 Å². The molecular formula is C29H33BrN2O3. The average molecular weight is 537 g/mol. The number of carbonyl (C=O) groups is 2. The molecule has 0 aliphatic rings. The first-order chi connectivity index (χ1) is 16.9. The molecule has 0 bridgehead atoms. The van der Waals surface area contributed by atoms with E-state index in [4.69, 9.17) is 4.74 Å². The van der Waals surface area contributed by atoms with Crippen LogP contribution in [-0.2, 0) is 22.6 Å². The van der Waals surface area contributed by atoms with Crippen LogP contribution in [0.3, 0.4) is 0 Å². The molecule has 2 amide bonds. The monoisotopic (exact) mass is 536 g/mol. The predicted molar refractivity (Wildman–Crippen MR) is 143 cm³/mol. The van der Waals surface area contributed by atoms with E-state index in [1.165, 1.54) is 0 Å². The first-order valence-corrected chi connectivity index (χ1v) is 12.7. The van der Waals surface area contributed by atoms with Crippen molar-refractivity contribution < 1.29 is 14.3 Å². The average Bonchev–Trinajstić information content (AvgIpc) is 2.86. The summed E-state index contributed by atoms with van der Waals surface area (Å²) in [6, 6.07) is 24.5. The van der Waals surface area contributed by atoms with Crippen molar-refractivity contribution >= 4 is 27.7 Å². The van der Waals surface area contributed by atoms with Gasteiger partial charge in [-0.3, -0.25) is 9.59 Å². The molecule has 3 rings (SSSR count). The van der Waals surface area contributed by atoms with Gasteiger partial charge < -0.3 is 15.0 Å². The highest BCUT2D eigenvalue weighted by molar-refractivity contribution is 9.10. The molecular weight excluding hydrogens is 504 g/mol. The molecule has 0 aromatic heterocycles. The van der Waals surface area contributed by atoms with Crippen LogP contribution in [0.5, 0.6) is 5.75 Å². The van der Waals surface area contributed by atoms with E-state index in [2.05, 4.69) is 21.2 Å². The van der Waals surface area contributed by atoms with E-state index in [9.17, 15) is 9.59 Å². The van der Waals surface area contributed by atoms with Crippen molar-refractivity contribution in [2.75, 3.05) is 6.61 Å². The van der Waals surface area contributed by atoms with Crippen LogP contribution in [0.4, 0.5) is 0 Å². The highest BCUT2D eigenvalue weighted by Crippen LogP contribution is 2.20. The zero-order valence-electron chi connectivity index (χ0n) is 20.5. The number of hydrogen-bond donors (Lipinski definition) is 1. The lowest BCUT2D eigenvalue weighted by atomic mass is 10.0. The molecule has 3 aromatic rings. The zero-order valence-corrected chi connectivity index (χ0v) is 22.1. The third-order valence-electron chi connectivity index (χ3n) is 5.96. The molecule has 3 aromatic carbocycles. The Kier molecular flexibility index (Phi) is 9.91. The van der Waals surface area contributed by atoms with Crippen molar-refractivity contribution in [1.82, 2.24) is 10.2 Å². The van der Waals surface area contributed by atoms with E-state index in [1.54, 1.807) is 4.90 Å². The van der Waals surface area contributed by atoms with Gasteiger partial charge in [0.15, 0.2) is 6.61 Å². The van der Waals surface area contributed by atoms with Gasteiger partial charge >= 0.3 is 0 Å². The fraction of sp³-hybridized carbons (Fsp3) is 0.310. The smallest absolute Gasteiger partial charge is 0.261 e. The van der Waals surface area contributed by atoms with Crippen LogP contribution in [0.15, 0.2) is 83.3 Å². The van der Waals surface area contributed by atoms with Crippen LogP contribution >= 0.6 is 15.9 Å². The Morgan fingerprint density at radius 1 is 0.971 bits per heavy atom. The van der Waals surface area contributed by atoms with Gasteiger partial charge in [0.1, 0.15) is 11.8 Å². The van der Waals surface area contributed by atoms with Gasteiger partial charge in [-0.25, -0.2) is 0 Å². The maximum absolute atomic E-state index is 13.6. The zero-order chi connectivity index (χ0) is 25.2. The van der Waals surface area contributed by atoms with Gasteiger partial charge in [-0.1, -0.05) is 83.5 Å². The van der Waals surface area contributed by atoms with Gasteiger partial charge in [0.2, 0.25) is 5.91 Å². The van der Waals surface area contributed by atoms with Crippen molar-refractivity contribution in [3.8, 4) is 5.75 Å². The van der Waals surface area contributed by atoms with E-state index in [0.29, 0.717) is 18.7 Å². The molecule has 0 spiro atoms. The molecule has 0 fully saturated rings. The summed E-state index contributed by atoms with van der Waals surface area (Å²) in [7, 11) is 0. The molecule has 2 atom stereocenters. The standard InChI is InChI=1S/C29H33BrN2O3/c1-4-22(3)31-29(34)26(18-23-12-6-5-7-13-23)32(19-24-14-10-15-25(30)17-24)28(33)20-35-27-16-9-8-11-21(27)2/h5-17,22,26H,4,18-20H2,1-3H3,(H,31,34)/t22-,26-/m1/s1. The summed E-state index contributed by atoms with van der Waals surface area (Å²) in [5, 5.41) is 3.08. The first kappa shape index (κ1) is 26.5. The summed E-state index contributed by atoms with van der Waals surface area (Å²) < 4.78 is 6.81. The minimum absolute atomic E-state index is 0.00631. The second-order valence-corrected chi connectivity index (χ2v) is 9.64. The Bertz CT molecular complexity index is 1120. The van der Waals surface area contributed by atoms with Gasteiger partial charge in [0.25, 0.3) is 5.91 Å². The number of ether oxygens (including phenoxy) is 1. The Hall–Kier alpha value is -3.12. The first-order valence-electron chi connectivity index (χ1n) is 11.9. The molecule has 0 saturated heterocycles. The maximum atomic E-state index is 13.6. The molecule has 5 nitrogen and oxygen atoms in total. The number of carbonyl (C=O) groups excluding carboxylic acids is 2. The largest absolute Gasteiger partial charge is 0.484 e. The number of benzene rings is 3. The fourth-order valence-electron chi connectivity index (χ4n) is 3.77. The second-order valence-electron chi connectivity index (χ2n) is 8.73. The SMILES string of the molecule is CC[C@@H](C)NC(=O)[C@@H](Cc1ccccc1)N(Cc1cccc(Br)c1)C(=O)COc1ccccc1C. The molecule has 0 radical (unpaired) electrons. The van der Waals surface area contributed by atoms with E-state index < -0.39 is 6.04 Å². The van der Waals surface area contributed by atoms with Crippen molar-refractivity contribution in [1.29, 1.82) is 0 Å². The van der Waals surface area contributed by atoms with Crippen LogP contribution in [-0.4, -0.2) is 35.4 Å². The Morgan fingerprint density at radius 3 is 2.34 bits per heavy atom. The maximum Gasteiger partial charge on any atom is 0.261 e. The summed E-state index contributed by atoms with van der Waals surface area (Å²) in [6.07, 6.45) is 1.22.